The summed E-state index contributed by atoms with van der Waals surface area (Å²) in [4.78, 5) is 0. The molecule has 0 aromatic carbocycles. The summed E-state index contributed by atoms with van der Waals surface area (Å²) in [5.74, 6) is 0. The van der Waals surface area contributed by atoms with Crippen molar-refractivity contribution in [1.29, 1.82) is 0 Å². The Balaban J connectivity index is 4.71. The van der Waals surface area contributed by atoms with E-state index in [0.29, 0.717) is 0 Å². The van der Waals surface area contributed by atoms with Gasteiger partial charge in [-0.25, -0.2) is 8.42 Å². The molecule has 0 fully saturated rings. The van der Waals surface area contributed by atoms with E-state index in [2.05, 4.69) is 0 Å². The molecule has 0 heterocycles. The quantitative estimate of drug-likeness (QED) is 0.333. The summed E-state index contributed by atoms with van der Waals surface area (Å²) in [6.45, 7) is -0.837. The Kier molecular flexibility index (Phi) is 8.28. The van der Waals surface area contributed by atoms with Crippen LogP contribution < -0.4 is 0 Å². The Morgan fingerprint density at radius 2 is 1.19 bits per heavy atom. The SMILES string of the molecule is O=S(O)C(CCO)C(O)C(CCO)S(=O)O. The van der Waals surface area contributed by atoms with E-state index < -0.39 is 52.0 Å². The predicted octanol–water partition coefficient (Wildman–Crippen LogP) is -1.71. The van der Waals surface area contributed by atoms with Crippen molar-refractivity contribution < 1.29 is 32.8 Å². The van der Waals surface area contributed by atoms with E-state index in [9.17, 15) is 13.5 Å². The average Bonchev–Trinajstić information content (AvgIpc) is 2.20. The smallest absolute Gasteiger partial charge is 0.158 e. The lowest BCUT2D eigenvalue weighted by Gasteiger charge is -2.24. The molecule has 0 aliphatic carbocycles. The van der Waals surface area contributed by atoms with Gasteiger partial charge < -0.3 is 24.4 Å². The van der Waals surface area contributed by atoms with Gasteiger partial charge in [0.1, 0.15) is 0 Å². The summed E-state index contributed by atoms with van der Waals surface area (Å²) in [6.07, 6.45) is -1.86. The molecular weight excluding hydrogens is 260 g/mol. The highest BCUT2D eigenvalue weighted by Crippen LogP contribution is 2.16. The molecule has 4 unspecified atom stereocenters. The highest BCUT2D eigenvalue weighted by atomic mass is 32.2. The van der Waals surface area contributed by atoms with Crippen molar-refractivity contribution >= 4 is 22.2 Å². The lowest BCUT2D eigenvalue weighted by molar-refractivity contribution is 0.134. The Morgan fingerprint density at radius 3 is 1.38 bits per heavy atom. The van der Waals surface area contributed by atoms with E-state index in [0.717, 1.165) is 0 Å². The third kappa shape index (κ3) is 4.95. The van der Waals surface area contributed by atoms with Crippen molar-refractivity contribution in [2.24, 2.45) is 0 Å². The van der Waals surface area contributed by atoms with Crippen LogP contribution in [-0.4, -0.2) is 62.7 Å². The van der Waals surface area contributed by atoms with Gasteiger partial charge in [-0.05, 0) is 12.8 Å². The zero-order valence-corrected chi connectivity index (χ0v) is 10.1. The number of rotatable bonds is 8. The maximum Gasteiger partial charge on any atom is 0.158 e. The van der Waals surface area contributed by atoms with E-state index in [1.54, 1.807) is 0 Å². The third-order valence-corrected chi connectivity index (χ3v) is 4.17. The van der Waals surface area contributed by atoms with E-state index >= 15 is 0 Å². The Morgan fingerprint density at radius 1 is 0.875 bits per heavy atom. The highest BCUT2D eigenvalue weighted by molar-refractivity contribution is 7.81. The van der Waals surface area contributed by atoms with Gasteiger partial charge >= 0.3 is 0 Å². The molecular formula is C7H16O7S2. The van der Waals surface area contributed by atoms with Gasteiger partial charge in [0, 0.05) is 13.2 Å². The van der Waals surface area contributed by atoms with Gasteiger partial charge in [-0.1, -0.05) is 0 Å². The minimum Gasteiger partial charge on any atom is -0.396 e. The standard InChI is InChI=1S/C7H16O7S2/c8-3-1-5(15(11)12)7(10)6(2-4-9)16(13)14/h5-10H,1-4H2,(H,11,12)(H,13,14). The maximum atomic E-state index is 10.9. The molecule has 98 valence electrons. The van der Waals surface area contributed by atoms with Crippen LogP contribution in [-0.2, 0) is 22.2 Å². The van der Waals surface area contributed by atoms with Crippen molar-refractivity contribution in [1.82, 2.24) is 0 Å². The Hall–Kier alpha value is 0.1000. The molecule has 7 nitrogen and oxygen atoms in total. The summed E-state index contributed by atoms with van der Waals surface area (Å²) in [5, 5.41) is 24.5. The fraction of sp³-hybridized carbons (Fsp3) is 1.00. The Labute approximate surface area is 98.1 Å². The fourth-order valence-electron chi connectivity index (χ4n) is 1.28. The van der Waals surface area contributed by atoms with Crippen molar-refractivity contribution in [2.45, 2.75) is 29.4 Å². The van der Waals surface area contributed by atoms with Gasteiger partial charge in [-0.2, -0.15) is 0 Å². The van der Waals surface area contributed by atoms with Gasteiger partial charge in [-0.3, -0.25) is 0 Å². The van der Waals surface area contributed by atoms with E-state index in [4.69, 9.17) is 19.3 Å². The van der Waals surface area contributed by atoms with Crippen LogP contribution in [0.1, 0.15) is 12.8 Å². The number of aliphatic hydroxyl groups is 3. The van der Waals surface area contributed by atoms with Crippen LogP contribution in [0.4, 0.5) is 0 Å². The molecule has 0 radical (unpaired) electrons. The maximum absolute atomic E-state index is 10.9. The molecule has 0 aromatic rings. The summed E-state index contributed by atoms with van der Waals surface area (Å²) >= 11 is -4.82. The minimum atomic E-state index is -2.41. The fourth-order valence-corrected chi connectivity index (χ4v) is 2.85. The topological polar surface area (TPSA) is 135 Å². The zero-order valence-electron chi connectivity index (χ0n) is 8.43. The summed E-state index contributed by atoms with van der Waals surface area (Å²) in [5.41, 5.74) is 0. The first-order valence-corrected chi connectivity index (χ1v) is 6.88. The minimum absolute atomic E-state index is 0.163. The van der Waals surface area contributed by atoms with Crippen LogP contribution in [0.5, 0.6) is 0 Å². The second kappa shape index (κ2) is 8.23. The van der Waals surface area contributed by atoms with Crippen molar-refractivity contribution in [3.8, 4) is 0 Å². The molecule has 0 spiro atoms. The molecule has 0 aliphatic rings. The molecule has 0 rings (SSSR count). The first kappa shape index (κ1) is 16.1. The van der Waals surface area contributed by atoms with Gasteiger partial charge in [0.15, 0.2) is 22.2 Å². The van der Waals surface area contributed by atoms with E-state index in [1.165, 1.54) is 0 Å². The molecule has 0 saturated carbocycles. The van der Waals surface area contributed by atoms with Crippen molar-refractivity contribution in [2.75, 3.05) is 13.2 Å². The largest absolute Gasteiger partial charge is 0.396 e. The normalized spacial score (nSPS) is 21.1. The number of aliphatic hydroxyl groups excluding tert-OH is 3. The lowest BCUT2D eigenvalue weighted by atomic mass is 10.1. The first-order chi connectivity index (χ1) is 7.45. The monoisotopic (exact) mass is 276 g/mol. The first-order valence-electron chi connectivity index (χ1n) is 4.54. The summed E-state index contributed by atoms with van der Waals surface area (Å²) < 4.78 is 39.5. The molecule has 0 amide bonds. The van der Waals surface area contributed by atoms with Crippen molar-refractivity contribution in [3.63, 3.8) is 0 Å². The predicted molar refractivity (Wildman–Crippen MR) is 58.5 cm³/mol. The lowest BCUT2D eigenvalue weighted by Crippen LogP contribution is -2.43. The van der Waals surface area contributed by atoms with E-state index in [-0.39, 0.29) is 12.8 Å². The van der Waals surface area contributed by atoms with Gasteiger partial charge in [-0.15, -0.1) is 0 Å². The van der Waals surface area contributed by atoms with Crippen LogP contribution in [0.15, 0.2) is 0 Å². The highest BCUT2D eigenvalue weighted by Gasteiger charge is 2.34. The van der Waals surface area contributed by atoms with Gasteiger partial charge in [0.05, 0.1) is 16.6 Å². The van der Waals surface area contributed by atoms with Gasteiger partial charge in [0.2, 0.25) is 0 Å². The van der Waals surface area contributed by atoms with Gasteiger partial charge in [0.25, 0.3) is 0 Å². The third-order valence-electron chi connectivity index (χ3n) is 2.11. The molecule has 0 aromatic heterocycles. The van der Waals surface area contributed by atoms with E-state index in [1.807, 2.05) is 0 Å². The number of hydrogen-bond donors (Lipinski definition) is 5. The summed E-state index contributed by atoms with van der Waals surface area (Å²) in [7, 11) is 0. The van der Waals surface area contributed by atoms with Crippen LogP contribution in [0.3, 0.4) is 0 Å². The molecule has 0 bridgehead atoms. The molecule has 5 N–H and O–H groups in total. The molecule has 9 heteroatoms. The summed E-state index contributed by atoms with van der Waals surface area (Å²) in [6, 6.07) is 0. The molecule has 0 saturated heterocycles. The van der Waals surface area contributed by atoms with Crippen molar-refractivity contribution in [3.05, 3.63) is 0 Å². The zero-order chi connectivity index (χ0) is 12.7. The number of hydrogen-bond acceptors (Lipinski definition) is 5. The average molecular weight is 276 g/mol. The van der Waals surface area contributed by atoms with Crippen LogP contribution in [0, 0.1) is 0 Å². The molecule has 4 atom stereocenters. The molecule has 16 heavy (non-hydrogen) atoms. The van der Waals surface area contributed by atoms with Crippen LogP contribution >= 0.6 is 0 Å². The Bertz CT molecular complexity index is 223. The van der Waals surface area contributed by atoms with Crippen LogP contribution in [0.25, 0.3) is 0 Å². The second-order valence-corrected chi connectivity index (χ2v) is 5.46. The van der Waals surface area contributed by atoms with Crippen LogP contribution in [0.2, 0.25) is 0 Å². The molecule has 0 aliphatic heterocycles. The second-order valence-electron chi connectivity index (χ2n) is 3.14.